The molecule has 2 fully saturated rings. The molecule has 0 aliphatic carbocycles. The summed E-state index contributed by atoms with van der Waals surface area (Å²) in [6.45, 7) is 3.88. The van der Waals surface area contributed by atoms with Gasteiger partial charge in [0.05, 0.1) is 4.92 Å². The van der Waals surface area contributed by atoms with Crippen LogP contribution in [0, 0.1) is 22.0 Å². The molecule has 0 aromatic heterocycles. The molecule has 2 saturated heterocycles. The molecule has 0 radical (unpaired) electrons. The van der Waals surface area contributed by atoms with Crippen molar-refractivity contribution in [2.75, 3.05) is 31.1 Å². The number of nitrogens with one attached hydrogen (secondary N) is 1. The number of hydrogen-bond acceptors (Lipinski definition) is 4. The lowest BCUT2D eigenvalue weighted by atomic mass is 10.0. The van der Waals surface area contributed by atoms with Gasteiger partial charge in [-0.2, -0.15) is 0 Å². The molecule has 1 aromatic carbocycles. The monoisotopic (exact) mass is 311 g/mol. The minimum atomic E-state index is -0.297. The number of benzene rings is 1. The Morgan fingerprint density at radius 2 is 2.00 bits per heavy atom. The first-order chi connectivity index (χ1) is 8.65. The van der Waals surface area contributed by atoms with Crippen LogP contribution in [0.25, 0.3) is 0 Å². The standard InChI is InChI=1S/C12H14BrN3O2/c13-10-1-2-11(16(17)18)12(3-10)15-6-8-4-14-5-9(8)7-15/h1-3,8-9,14H,4-7H2/t8-,9+. The summed E-state index contributed by atoms with van der Waals surface area (Å²) in [5.74, 6) is 1.26. The second-order valence-corrected chi connectivity index (χ2v) is 5.89. The Labute approximate surface area is 113 Å². The molecule has 18 heavy (non-hydrogen) atoms. The molecule has 0 spiro atoms. The van der Waals surface area contributed by atoms with E-state index >= 15 is 0 Å². The molecular formula is C12H14BrN3O2. The summed E-state index contributed by atoms with van der Waals surface area (Å²) in [5.41, 5.74) is 0.940. The van der Waals surface area contributed by atoms with Crippen LogP contribution in [0.15, 0.2) is 22.7 Å². The van der Waals surface area contributed by atoms with Gasteiger partial charge < -0.3 is 10.2 Å². The van der Waals surface area contributed by atoms with Gasteiger partial charge in [0.25, 0.3) is 5.69 Å². The fourth-order valence-corrected chi connectivity index (χ4v) is 3.31. The Hall–Kier alpha value is -1.14. The smallest absolute Gasteiger partial charge is 0.292 e. The van der Waals surface area contributed by atoms with E-state index < -0.39 is 0 Å². The molecule has 5 nitrogen and oxygen atoms in total. The highest BCUT2D eigenvalue weighted by atomic mass is 79.9. The van der Waals surface area contributed by atoms with Gasteiger partial charge in [0.15, 0.2) is 0 Å². The number of halogens is 1. The van der Waals surface area contributed by atoms with Crippen molar-refractivity contribution in [2.24, 2.45) is 11.8 Å². The zero-order valence-electron chi connectivity index (χ0n) is 9.80. The fraction of sp³-hybridized carbons (Fsp3) is 0.500. The third kappa shape index (κ3) is 1.99. The molecule has 0 saturated carbocycles. The number of fused-ring (bicyclic) bond motifs is 1. The van der Waals surface area contributed by atoms with Crippen molar-refractivity contribution >= 4 is 27.3 Å². The van der Waals surface area contributed by atoms with Crippen molar-refractivity contribution in [2.45, 2.75) is 0 Å². The zero-order valence-corrected chi connectivity index (χ0v) is 11.4. The zero-order chi connectivity index (χ0) is 12.7. The number of hydrogen-bond donors (Lipinski definition) is 1. The van der Waals surface area contributed by atoms with Gasteiger partial charge in [0.2, 0.25) is 0 Å². The third-order valence-electron chi connectivity index (χ3n) is 3.86. The number of rotatable bonds is 2. The molecule has 0 unspecified atom stereocenters. The maximum Gasteiger partial charge on any atom is 0.292 e. The second-order valence-electron chi connectivity index (χ2n) is 4.97. The van der Waals surface area contributed by atoms with Crippen molar-refractivity contribution in [1.29, 1.82) is 0 Å². The highest BCUT2D eigenvalue weighted by molar-refractivity contribution is 9.10. The van der Waals surface area contributed by atoms with Crippen LogP contribution in [-0.4, -0.2) is 31.1 Å². The Morgan fingerprint density at radius 1 is 1.33 bits per heavy atom. The summed E-state index contributed by atoms with van der Waals surface area (Å²) in [6.07, 6.45) is 0. The predicted molar refractivity (Wildman–Crippen MR) is 72.9 cm³/mol. The van der Waals surface area contributed by atoms with Crippen molar-refractivity contribution in [3.8, 4) is 0 Å². The summed E-state index contributed by atoms with van der Waals surface area (Å²) < 4.78 is 0.887. The van der Waals surface area contributed by atoms with E-state index in [9.17, 15) is 10.1 Å². The maximum absolute atomic E-state index is 11.1. The summed E-state index contributed by atoms with van der Waals surface area (Å²) >= 11 is 3.39. The number of anilines is 1. The van der Waals surface area contributed by atoms with Crippen LogP contribution in [0.4, 0.5) is 11.4 Å². The van der Waals surface area contributed by atoms with Gasteiger partial charge in [-0.25, -0.2) is 0 Å². The quantitative estimate of drug-likeness (QED) is 0.670. The minimum Gasteiger partial charge on any atom is -0.365 e. The Balaban J connectivity index is 1.92. The minimum absolute atomic E-state index is 0.200. The lowest BCUT2D eigenvalue weighted by Crippen LogP contribution is -2.26. The second kappa shape index (κ2) is 4.51. The molecule has 0 bridgehead atoms. The molecule has 6 heteroatoms. The van der Waals surface area contributed by atoms with Crippen molar-refractivity contribution in [3.63, 3.8) is 0 Å². The van der Waals surface area contributed by atoms with Crippen LogP contribution in [0.5, 0.6) is 0 Å². The van der Waals surface area contributed by atoms with Crippen LogP contribution >= 0.6 is 15.9 Å². The van der Waals surface area contributed by atoms with Gasteiger partial charge in [-0.05, 0) is 24.0 Å². The Kier molecular flexibility index (Phi) is 2.99. The summed E-state index contributed by atoms with van der Waals surface area (Å²) in [7, 11) is 0. The molecule has 1 N–H and O–H groups in total. The molecule has 96 valence electrons. The van der Waals surface area contributed by atoms with E-state index in [0.29, 0.717) is 11.8 Å². The first-order valence-electron chi connectivity index (χ1n) is 6.05. The highest BCUT2D eigenvalue weighted by Crippen LogP contribution is 2.37. The predicted octanol–water partition coefficient (Wildman–Crippen LogP) is 2.01. The van der Waals surface area contributed by atoms with Gasteiger partial charge in [-0.1, -0.05) is 15.9 Å². The van der Waals surface area contributed by atoms with Gasteiger partial charge in [-0.3, -0.25) is 10.1 Å². The van der Waals surface area contributed by atoms with Crippen molar-refractivity contribution in [1.82, 2.24) is 5.32 Å². The van der Waals surface area contributed by atoms with E-state index in [1.807, 2.05) is 6.07 Å². The van der Waals surface area contributed by atoms with E-state index in [1.165, 1.54) is 0 Å². The average molecular weight is 312 g/mol. The van der Waals surface area contributed by atoms with Crippen LogP contribution < -0.4 is 10.2 Å². The summed E-state index contributed by atoms with van der Waals surface area (Å²) in [6, 6.07) is 5.15. The molecule has 3 rings (SSSR count). The number of nitro benzene ring substituents is 1. The topological polar surface area (TPSA) is 58.4 Å². The van der Waals surface area contributed by atoms with Crippen molar-refractivity contribution < 1.29 is 4.92 Å². The van der Waals surface area contributed by atoms with Gasteiger partial charge in [-0.15, -0.1) is 0 Å². The van der Waals surface area contributed by atoms with Gasteiger partial charge in [0, 0.05) is 36.7 Å². The molecular weight excluding hydrogens is 298 g/mol. The fourth-order valence-electron chi connectivity index (χ4n) is 2.96. The SMILES string of the molecule is O=[N+]([O-])c1ccc(Br)cc1N1C[C@H]2CNC[C@H]2C1. The van der Waals surface area contributed by atoms with Crippen LogP contribution in [-0.2, 0) is 0 Å². The normalized spacial score (nSPS) is 26.4. The van der Waals surface area contributed by atoms with Crippen molar-refractivity contribution in [3.05, 3.63) is 32.8 Å². The number of nitro groups is 1. The van der Waals surface area contributed by atoms with Gasteiger partial charge >= 0.3 is 0 Å². The van der Waals surface area contributed by atoms with E-state index in [-0.39, 0.29) is 10.6 Å². The van der Waals surface area contributed by atoms with E-state index in [4.69, 9.17) is 0 Å². The lowest BCUT2D eigenvalue weighted by molar-refractivity contribution is -0.384. The largest absolute Gasteiger partial charge is 0.365 e. The summed E-state index contributed by atoms with van der Waals surface area (Å²) in [5, 5.41) is 14.5. The molecule has 2 aliphatic heterocycles. The molecule has 1 aromatic rings. The number of nitrogens with zero attached hydrogens (tertiary/aromatic N) is 2. The molecule has 2 heterocycles. The van der Waals surface area contributed by atoms with Crippen LogP contribution in [0.3, 0.4) is 0 Å². The first-order valence-corrected chi connectivity index (χ1v) is 6.84. The molecule has 2 aliphatic rings. The lowest BCUT2D eigenvalue weighted by Gasteiger charge is -2.19. The van der Waals surface area contributed by atoms with E-state index in [2.05, 4.69) is 26.1 Å². The Bertz CT molecular complexity index is 482. The first kappa shape index (κ1) is 11.9. The van der Waals surface area contributed by atoms with Gasteiger partial charge in [0.1, 0.15) is 5.69 Å². The van der Waals surface area contributed by atoms with Crippen LogP contribution in [0.1, 0.15) is 0 Å². The highest BCUT2D eigenvalue weighted by Gasteiger charge is 2.37. The maximum atomic E-state index is 11.1. The van der Waals surface area contributed by atoms with E-state index in [1.54, 1.807) is 12.1 Å². The molecule has 2 atom stereocenters. The van der Waals surface area contributed by atoms with E-state index in [0.717, 1.165) is 36.3 Å². The third-order valence-corrected chi connectivity index (χ3v) is 4.36. The summed E-state index contributed by atoms with van der Waals surface area (Å²) in [4.78, 5) is 12.9. The average Bonchev–Trinajstić information content (AvgIpc) is 2.88. The molecule has 0 amide bonds. The van der Waals surface area contributed by atoms with Crippen LogP contribution in [0.2, 0.25) is 0 Å². The Morgan fingerprint density at radius 3 is 2.61 bits per heavy atom.